The molecule has 176 valence electrons. The Bertz CT molecular complexity index is 1150. The number of hydroxylamine groups is 1. The lowest BCUT2D eigenvalue weighted by molar-refractivity contribution is -0.0443. The number of phenolic OH excluding ortho intramolecular Hbond substituents is 1. The number of nitrogens with one attached hydrogen (secondary N) is 2. The van der Waals surface area contributed by atoms with Crippen LogP contribution in [0.1, 0.15) is 33.1 Å². The minimum Gasteiger partial charge on any atom is -0.504 e. The highest BCUT2D eigenvalue weighted by molar-refractivity contribution is 7.89. The Balaban J connectivity index is 1.95. The van der Waals surface area contributed by atoms with Gasteiger partial charge < -0.3 is 20.5 Å². The highest BCUT2D eigenvalue weighted by Gasteiger charge is 2.33. The lowest BCUT2D eigenvalue weighted by Gasteiger charge is -2.26. The van der Waals surface area contributed by atoms with Crippen LogP contribution in [0.15, 0.2) is 26.6 Å². The fraction of sp³-hybridized carbons (Fsp3) is 0.500. The smallest absolute Gasteiger partial charge is 0.270 e. The maximum absolute atomic E-state index is 12.8. The average molecular weight is 488 g/mol. The van der Waals surface area contributed by atoms with Gasteiger partial charge in [0.15, 0.2) is 5.75 Å². The van der Waals surface area contributed by atoms with Crippen LogP contribution in [0.2, 0.25) is 5.02 Å². The van der Waals surface area contributed by atoms with Crippen molar-refractivity contribution >= 4 is 38.7 Å². The molecule has 2 atom stereocenters. The molecule has 1 aliphatic rings. The van der Waals surface area contributed by atoms with Crippen LogP contribution in [0, 0.1) is 0 Å². The van der Waals surface area contributed by atoms with Crippen LogP contribution < -0.4 is 21.5 Å². The molecule has 0 aromatic heterocycles. The van der Waals surface area contributed by atoms with Gasteiger partial charge in [0.05, 0.1) is 30.0 Å². The van der Waals surface area contributed by atoms with Crippen LogP contribution in [-0.4, -0.2) is 50.4 Å². The van der Waals surface area contributed by atoms with E-state index in [1.807, 2.05) is 6.92 Å². The van der Waals surface area contributed by atoms with E-state index in [2.05, 4.69) is 10.6 Å². The largest absolute Gasteiger partial charge is 0.504 e. The summed E-state index contributed by atoms with van der Waals surface area (Å²) in [7, 11) is -3.12. The molecule has 12 heteroatoms. The highest BCUT2D eigenvalue weighted by atomic mass is 35.5. The van der Waals surface area contributed by atoms with Gasteiger partial charge in [-0.15, -0.1) is 0 Å². The Morgan fingerprint density at radius 1 is 1.28 bits per heavy atom. The zero-order valence-corrected chi connectivity index (χ0v) is 19.5. The lowest BCUT2D eigenvalue weighted by atomic mass is 10.0. The predicted molar refractivity (Wildman–Crippen MR) is 121 cm³/mol. The van der Waals surface area contributed by atoms with E-state index in [4.69, 9.17) is 21.2 Å². The number of hydrogen-bond acceptors (Lipinski definition) is 9. The third-order valence-electron chi connectivity index (χ3n) is 5.42. The van der Waals surface area contributed by atoms with Crippen molar-refractivity contribution in [1.29, 1.82) is 0 Å². The molecular weight excluding hydrogens is 462 g/mol. The molecule has 32 heavy (non-hydrogen) atoms. The van der Waals surface area contributed by atoms with E-state index in [1.54, 1.807) is 6.92 Å². The molecular formula is C20H26ClN3O7S. The van der Waals surface area contributed by atoms with Gasteiger partial charge in [0, 0.05) is 13.2 Å². The minimum absolute atomic E-state index is 0.0277. The first-order valence-corrected chi connectivity index (χ1v) is 12.1. The summed E-state index contributed by atoms with van der Waals surface area (Å²) in [6.45, 7) is 4.11. The quantitative estimate of drug-likeness (QED) is 0.262. The van der Waals surface area contributed by atoms with Gasteiger partial charge in [0.2, 0.25) is 0 Å². The summed E-state index contributed by atoms with van der Waals surface area (Å²) in [6.07, 6.45) is 2.36. The Morgan fingerprint density at radius 2 is 1.97 bits per heavy atom. The van der Waals surface area contributed by atoms with Gasteiger partial charge in [-0.25, -0.2) is 8.42 Å². The second kappa shape index (κ2) is 9.75. The van der Waals surface area contributed by atoms with Crippen LogP contribution in [-0.2, 0) is 19.6 Å². The normalized spacial score (nSPS) is 17.7. The number of rotatable bonds is 10. The van der Waals surface area contributed by atoms with Crippen LogP contribution in [0.3, 0.4) is 0 Å². The summed E-state index contributed by atoms with van der Waals surface area (Å²) in [6, 6.07) is 2.41. The molecule has 0 aliphatic carbocycles. The monoisotopic (exact) mass is 487 g/mol. The summed E-state index contributed by atoms with van der Waals surface area (Å²) in [4.78, 5) is 28.7. The van der Waals surface area contributed by atoms with E-state index in [-0.39, 0.29) is 40.8 Å². The number of ether oxygens (including phenoxy) is 1. The molecule has 0 amide bonds. The Kier molecular flexibility index (Phi) is 7.46. The van der Waals surface area contributed by atoms with Gasteiger partial charge in [-0.1, -0.05) is 23.0 Å². The third-order valence-corrected chi connectivity index (χ3v) is 7.72. The topological polar surface area (TPSA) is 134 Å². The number of anilines is 3. The van der Waals surface area contributed by atoms with E-state index in [0.717, 1.165) is 12.8 Å². The molecule has 0 unspecified atom stereocenters. The zero-order chi connectivity index (χ0) is 23.6. The van der Waals surface area contributed by atoms with Crippen molar-refractivity contribution in [1.82, 2.24) is 4.47 Å². The molecule has 1 fully saturated rings. The maximum atomic E-state index is 12.8. The van der Waals surface area contributed by atoms with Crippen LogP contribution in [0.5, 0.6) is 5.75 Å². The summed E-state index contributed by atoms with van der Waals surface area (Å²) in [5.41, 5.74) is -1.56. The maximum Gasteiger partial charge on any atom is 0.270 e. The number of halogens is 1. The summed E-state index contributed by atoms with van der Waals surface area (Å²) in [5.74, 6) is -0.696. The van der Waals surface area contributed by atoms with Crippen LogP contribution >= 0.6 is 11.6 Å². The van der Waals surface area contributed by atoms with E-state index < -0.39 is 31.5 Å². The molecule has 10 nitrogen and oxygen atoms in total. The zero-order valence-electron chi connectivity index (χ0n) is 18.0. The number of aromatic hydroxyl groups is 1. The average Bonchev–Trinajstić information content (AvgIpc) is 3.29. The molecule has 0 bridgehead atoms. The molecule has 0 saturated carbocycles. The van der Waals surface area contributed by atoms with Gasteiger partial charge in [-0.05, 0) is 38.3 Å². The van der Waals surface area contributed by atoms with Gasteiger partial charge in [0.25, 0.3) is 20.9 Å². The van der Waals surface area contributed by atoms with E-state index in [0.29, 0.717) is 17.5 Å². The first-order valence-electron chi connectivity index (χ1n) is 10.2. The van der Waals surface area contributed by atoms with Crippen molar-refractivity contribution in [2.45, 2.75) is 50.2 Å². The second-order valence-corrected chi connectivity index (χ2v) is 9.50. The molecule has 1 heterocycles. The highest BCUT2D eigenvalue weighted by Crippen LogP contribution is 2.40. The molecule has 1 aliphatic heterocycles. The SMILES string of the molecule is CC[C@@H](Nc1c(Nc2ccc(Cl)c(S(=O)(=O)N(CC)OC)c2O)c(=O)c1=O)[C@@H]1CCCO1. The summed E-state index contributed by atoms with van der Waals surface area (Å²) in [5, 5.41) is 16.2. The molecule has 3 N–H and O–H groups in total. The minimum atomic E-state index is -4.29. The number of sulfonamides is 1. The molecule has 2 aromatic rings. The fourth-order valence-electron chi connectivity index (χ4n) is 3.74. The van der Waals surface area contributed by atoms with Crippen molar-refractivity contribution in [2.24, 2.45) is 0 Å². The summed E-state index contributed by atoms with van der Waals surface area (Å²) >= 11 is 6.06. The van der Waals surface area contributed by atoms with Crippen molar-refractivity contribution < 1.29 is 23.1 Å². The predicted octanol–water partition coefficient (Wildman–Crippen LogP) is 2.33. The van der Waals surface area contributed by atoms with Crippen molar-refractivity contribution in [3.63, 3.8) is 0 Å². The lowest BCUT2D eigenvalue weighted by Crippen LogP contribution is -2.42. The molecule has 2 aromatic carbocycles. The Morgan fingerprint density at radius 3 is 2.53 bits per heavy atom. The first-order chi connectivity index (χ1) is 15.2. The van der Waals surface area contributed by atoms with Crippen molar-refractivity contribution in [3.05, 3.63) is 37.6 Å². The van der Waals surface area contributed by atoms with E-state index in [1.165, 1.54) is 19.2 Å². The van der Waals surface area contributed by atoms with Crippen LogP contribution in [0.25, 0.3) is 0 Å². The fourth-order valence-corrected chi connectivity index (χ4v) is 5.59. The van der Waals surface area contributed by atoms with Crippen molar-refractivity contribution in [3.8, 4) is 5.75 Å². The van der Waals surface area contributed by atoms with Gasteiger partial charge in [-0.3, -0.25) is 14.4 Å². The van der Waals surface area contributed by atoms with Crippen LogP contribution in [0.4, 0.5) is 17.1 Å². The third kappa shape index (κ3) is 4.35. The molecule has 1 saturated heterocycles. The molecule has 0 radical (unpaired) electrons. The number of hydrogen-bond donors (Lipinski definition) is 3. The summed E-state index contributed by atoms with van der Waals surface area (Å²) < 4.78 is 32.0. The standard InChI is InChI=1S/C20H26ClN3O7S/c1-4-12(14-7-6-10-31-14)22-15-16(19(27)18(15)26)23-13-9-8-11(21)20(17(13)25)32(28,29)24(5-2)30-3/h8-9,12,14,22-23,25H,4-7,10H2,1-3H3/t12-,14+/m1/s1. The number of benzene rings is 1. The van der Waals surface area contributed by atoms with Crippen molar-refractivity contribution in [2.75, 3.05) is 30.9 Å². The number of phenols is 1. The number of nitrogens with zero attached hydrogens (tertiary/aromatic N) is 1. The van der Waals surface area contributed by atoms with E-state index in [9.17, 15) is 23.1 Å². The van der Waals surface area contributed by atoms with Gasteiger partial charge in [-0.2, -0.15) is 0 Å². The van der Waals surface area contributed by atoms with Gasteiger partial charge in [0.1, 0.15) is 16.3 Å². The Labute approximate surface area is 190 Å². The van der Waals surface area contributed by atoms with E-state index >= 15 is 0 Å². The molecule has 0 spiro atoms. The molecule has 3 rings (SSSR count). The van der Waals surface area contributed by atoms with Gasteiger partial charge >= 0.3 is 0 Å². The second-order valence-electron chi connectivity index (χ2n) is 7.32. The first kappa shape index (κ1) is 24.5. The Hall–Kier alpha value is -2.18.